The molecule has 3 heterocycles. The largest absolute Gasteiger partial charge is 0.481 e. The van der Waals surface area contributed by atoms with E-state index < -0.39 is 18.1 Å². The van der Waals surface area contributed by atoms with Crippen molar-refractivity contribution in [1.29, 1.82) is 0 Å². The molecule has 6 rings (SSSR count). The number of methoxy groups -OCH3 is 2. The van der Waals surface area contributed by atoms with Crippen molar-refractivity contribution >= 4 is 39.3 Å². The summed E-state index contributed by atoms with van der Waals surface area (Å²) in [5.74, 6) is 0.719. The van der Waals surface area contributed by atoms with Gasteiger partial charge in [-0.15, -0.1) is 0 Å². The number of aromatic nitrogens is 2. The van der Waals surface area contributed by atoms with Gasteiger partial charge in [-0.05, 0) is 77.5 Å². The van der Waals surface area contributed by atoms with Crippen molar-refractivity contribution in [2.45, 2.75) is 50.9 Å². The lowest BCUT2D eigenvalue weighted by Crippen LogP contribution is -2.52. The number of pyridine rings is 2. The average Bonchev–Trinajstić information content (AvgIpc) is 3.73. The molecular weight excluding hydrogens is 714 g/mol. The summed E-state index contributed by atoms with van der Waals surface area (Å²) in [6.45, 7) is 3.76. The van der Waals surface area contributed by atoms with E-state index in [-0.39, 0.29) is 24.6 Å². The smallest absolute Gasteiger partial charge is 0.326 e. The summed E-state index contributed by atoms with van der Waals surface area (Å²) in [5, 5.41) is 25.9. The first-order chi connectivity index (χ1) is 23.6. The van der Waals surface area contributed by atoms with E-state index in [2.05, 4.69) is 55.6 Å². The number of aliphatic hydroxyl groups excluding tert-OH is 1. The Kier molecular flexibility index (Phi) is 10.1. The number of hydrogen-bond donors (Lipinski definition) is 4. The van der Waals surface area contributed by atoms with Gasteiger partial charge in [0.25, 0.3) is 0 Å². The molecule has 0 saturated heterocycles. The van der Waals surface area contributed by atoms with Crippen LogP contribution in [0, 0.1) is 0 Å². The average molecular weight is 751 g/mol. The normalized spacial score (nSPS) is 17.9. The van der Waals surface area contributed by atoms with Crippen molar-refractivity contribution in [3.63, 3.8) is 0 Å². The minimum absolute atomic E-state index is 0.103. The van der Waals surface area contributed by atoms with Crippen LogP contribution in [0.5, 0.6) is 17.6 Å². The highest BCUT2D eigenvalue weighted by molar-refractivity contribution is 9.10. The highest BCUT2D eigenvalue weighted by atomic mass is 79.9. The summed E-state index contributed by atoms with van der Waals surface area (Å²) < 4.78 is 18.2. The van der Waals surface area contributed by atoms with Gasteiger partial charge in [0, 0.05) is 29.8 Å². The number of amidine groups is 1. The second kappa shape index (κ2) is 14.3. The Balaban J connectivity index is 1.27. The molecule has 0 bridgehead atoms. The van der Waals surface area contributed by atoms with Gasteiger partial charge in [-0.2, -0.15) is 4.98 Å². The molecule has 1 unspecified atom stereocenters. The van der Waals surface area contributed by atoms with Gasteiger partial charge in [-0.3, -0.25) is 15.1 Å². The summed E-state index contributed by atoms with van der Waals surface area (Å²) >= 11 is 10.7. The fourth-order valence-corrected chi connectivity index (χ4v) is 6.86. The van der Waals surface area contributed by atoms with E-state index in [0.717, 1.165) is 58.6 Å². The van der Waals surface area contributed by atoms with Crippen molar-refractivity contribution in [1.82, 2.24) is 20.6 Å². The molecule has 4 aromatic rings. The van der Waals surface area contributed by atoms with Crippen LogP contribution in [0.25, 0.3) is 22.4 Å². The van der Waals surface area contributed by atoms with Gasteiger partial charge in [0.15, 0.2) is 0 Å². The number of fused-ring (bicyclic) bond motifs is 1. The Hall–Kier alpha value is -4.23. The molecule has 256 valence electrons. The number of carboxylic acids is 1. The lowest BCUT2D eigenvalue weighted by Gasteiger charge is -2.24. The Morgan fingerprint density at radius 1 is 1.04 bits per heavy atom. The number of nitrogens with zero attached hydrogens (tertiary/aromatic N) is 3. The lowest BCUT2D eigenvalue weighted by molar-refractivity contribution is -0.145. The van der Waals surface area contributed by atoms with Crippen LogP contribution >= 0.6 is 27.5 Å². The molecule has 3 atom stereocenters. The second-order valence-corrected chi connectivity index (χ2v) is 13.5. The quantitative estimate of drug-likeness (QED) is 0.137. The van der Waals surface area contributed by atoms with Crippen LogP contribution in [0.15, 0.2) is 64.1 Å². The number of ether oxygens (including phenoxy) is 3. The third-order valence-corrected chi connectivity index (χ3v) is 9.87. The van der Waals surface area contributed by atoms with Gasteiger partial charge in [0.2, 0.25) is 17.6 Å². The number of aliphatic imine (C=N–C) groups is 1. The fraction of sp³-hybridized carbons (Fsp3) is 0.333. The van der Waals surface area contributed by atoms with Crippen molar-refractivity contribution in [2.75, 3.05) is 27.4 Å². The molecule has 0 fully saturated rings. The Labute approximate surface area is 297 Å². The molecular formula is C36H37BrClN5O6. The Morgan fingerprint density at radius 3 is 2.47 bits per heavy atom. The van der Waals surface area contributed by atoms with E-state index in [0.29, 0.717) is 32.5 Å². The minimum Gasteiger partial charge on any atom is -0.481 e. The van der Waals surface area contributed by atoms with E-state index in [1.54, 1.807) is 13.2 Å². The number of rotatable bonds is 12. The monoisotopic (exact) mass is 749 g/mol. The zero-order valence-electron chi connectivity index (χ0n) is 27.5. The van der Waals surface area contributed by atoms with E-state index in [1.807, 2.05) is 36.4 Å². The van der Waals surface area contributed by atoms with Crippen LogP contribution in [0.2, 0.25) is 5.02 Å². The number of carboxylic acid groups (broad SMARTS) is 1. The fourth-order valence-electron chi connectivity index (χ4n) is 6.08. The number of nitrogens with one attached hydrogen (secondary N) is 2. The van der Waals surface area contributed by atoms with E-state index in [4.69, 9.17) is 30.8 Å². The standard InChI is InChI=1S/C36H37BrClN5O6/c1-19-16-39-31(41-19)26-11-13-28(42-33(26)48-4)25-10-6-9-24(30(25)38)21-7-5-8-23-22(21)12-14-29(23)49-34-27(37)15-20(32(43-34)47-3)17-40-36(2,18-44)35(45)46/h5-11,13,15,19,29,40,44H,12,14,16-18H2,1-4H3,(H,39,41)(H,45,46)/t19-,29+,36?/m1/s1. The van der Waals surface area contributed by atoms with Crippen LogP contribution in [0.4, 0.5) is 0 Å². The van der Waals surface area contributed by atoms with E-state index >= 15 is 0 Å². The third kappa shape index (κ3) is 6.83. The predicted octanol–water partition coefficient (Wildman–Crippen LogP) is 5.97. The maximum Gasteiger partial charge on any atom is 0.326 e. The molecule has 0 spiro atoms. The molecule has 0 amide bonds. The summed E-state index contributed by atoms with van der Waals surface area (Å²) in [5.41, 5.74) is 5.48. The number of aliphatic carboxylic acids is 1. The van der Waals surface area contributed by atoms with Gasteiger partial charge in [-0.25, -0.2) is 4.98 Å². The van der Waals surface area contributed by atoms with Crippen LogP contribution in [0.3, 0.4) is 0 Å². The van der Waals surface area contributed by atoms with Crippen molar-refractivity contribution < 1.29 is 29.2 Å². The molecule has 1 aliphatic carbocycles. The van der Waals surface area contributed by atoms with Crippen molar-refractivity contribution in [3.8, 4) is 40.0 Å². The third-order valence-electron chi connectivity index (χ3n) is 8.89. The Morgan fingerprint density at radius 2 is 1.78 bits per heavy atom. The summed E-state index contributed by atoms with van der Waals surface area (Å²) in [4.78, 5) is 25.7. The van der Waals surface area contributed by atoms with Crippen molar-refractivity contribution in [3.05, 3.63) is 86.3 Å². The first kappa shape index (κ1) is 34.6. The zero-order valence-corrected chi connectivity index (χ0v) is 29.9. The highest BCUT2D eigenvalue weighted by Crippen LogP contribution is 2.44. The van der Waals surface area contributed by atoms with Gasteiger partial charge in [0.1, 0.15) is 17.5 Å². The van der Waals surface area contributed by atoms with Gasteiger partial charge in [-0.1, -0.05) is 48.0 Å². The zero-order chi connectivity index (χ0) is 34.9. The molecule has 1 aliphatic heterocycles. The topological polar surface area (TPSA) is 147 Å². The van der Waals surface area contributed by atoms with Crippen molar-refractivity contribution in [2.24, 2.45) is 4.99 Å². The predicted molar refractivity (Wildman–Crippen MR) is 191 cm³/mol. The number of halogens is 2. The summed E-state index contributed by atoms with van der Waals surface area (Å²) in [6, 6.07) is 18.0. The molecule has 13 heteroatoms. The SMILES string of the molecule is COc1nc(O[C@H]2CCc3c(-c4cccc(-c5ccc(C6=N[C@H](C)CN6)c(OC)n5)c4Cl)cccc32)c(Br)cc1CNC(C)(CO)C(=O)O. The van der Waals surface area contributed by atoms with E-state index in [1.165, 1.54) is 14.0 Å². The molecule has 4 N–H and O–H groups in total. The van der Waals surface area contributed by atoms with Crippen LogP contribution in [0.1, 0.15) is 48.6 Å². The summed E-state index contributed by atoms with van der Waals surface area (Å²) in [6.07, 6.45) is 1.23. The lowest BCUT2D eigenvalue weighted by atomic mass is 9.94. The maximum absolute atomic E-state index is 11.6. The van der Waals surface area contributed by atoms with Gasteiger partial charge in [0.05, 0.1) is 47.6 Å². The second-order valence-electron chi connectivity index (χ2n) is 12.2. The van der Waals surface area contributed by atoms with Crippen LogP contribution in [-0.4, -0.2) is 70.9 Å². The molecule has 0 radical (unpaired) electrons. The van der Waals surface area contributed by atoms with Gasteiger partial charge < -0.3 is 29.7 Å². The summed E-state index contributed by atoms with van der Waals surface area (Å²) in [7, 11) is 3.09. The Bertz CT molecular complexity index is 1940. The highest BCUT2D eigenvalue weighted by Gasteiger charge is 2.33. The molecule has 11 nitrogen and oxygen atoms in total. The number of benzene rings is 2. The molecule has 0 saturated carbocycles. The first-order valence-electron chi connectivity index (χ1n) is 15.8. The molecule has 2 aromatic carbocycles. The van der Waals surface area contributed by atoms with Crippen LogP contribution < -0.4 is 24.8 Å². The molecule has 49 heavy (non-hydrogen) atoms. The number of carbonyl (C=O) groups is 1. The maximum atomic E-state index is 11.6. The molecule has 2 aromatic heterocycles. The van der Waals surface area contributed by atoms with Gasteiger partial charge >= 0.3 is 5.97 Å². The van der Waals surface area contributed by atoms with Crippen LogP contribution in [-0.2, 0) is 17.8 Å². The number of aliphatic hydroxyl groups is 1. The first-order valence-corrected chi connectivity index (χ1v) is 17.0. The molecule has 2 aliphatic rings. The van der Waals surface area contributed by atoms with E-state index in [9.17, 15) is 15.0 Å². The number of hydrogen-bond acceptors (Lipinski definition) is 10. The minimum atomic E-state index is -1.52.